The van der Waals surface area contributed by atoms with E-state index < -0.39 is 0 Å². The predicted molar refractivity (Wildman–Crippen MR) is 53.0 cm³/mol. The number of carbonyl (C=O) groups is 1. The molecule has 14 heavy (non-hydrogen) atoms. The van der Waals surface area contributed by atoms with Gasteiger partial charge in [0.15, 0.2) is 0 Å². The van der Waals surface area contributed by atoms with Crippen LogP contribution in [0.15, 0.2) is 24.4 Å². The fraction of sp³-hybridized carbons (Fsp3) is 0.400. The van der Waals surface area contributed by atoms with Gasteiger partial charge in [0, 0.05) is 18.8 Å². The van der Waals surface area contributed by atoms with Crippen molar-refractivity contribution in [2.24, 2.45) is 0 Å². The average Bonchev–Trinajstić information content (AvgIpc) is 2.72. The Morgan fingerprint density at radius 2 is 2.50 bits per heavy atom. The zero-order valence-corrected chi connectivity index (χ0v) is 7.86. The number of amides is 1. The summed E-state index contributed by atoms with van der Waals surface area (Å²) in [6, 6.07) is 5.59. The highest BCUT2D eigenvalue weighted by molar-refractivity contribution is 5.92. The molecule has 2 N–H and O–H groups in total. The molecule has 74 valence electrons. The zero-order chi connectivity index (χ0) is 9.80. The van der Waals surface area contributed by atoms with Crippen LogP contribution in [0.1, 0.15) is 16.9 Å². The van der Waals surface area contributed by atoms with Crippen molar-refractivity contribution in [2.45, 2.75) is 12.5 Å². The molecule has 1 saturated heterocycles. The summed E-state index contributed by atoms with van der Waals surface area (Å²) in [5.41, 5.74) is 0.486. The van der Waals surface area contributed by atoms with Crippen molar-refractivity contribution in [3.05, 3.63) is 30.1 Å². The Bertz CT molecular complexity index is 306. The summed E-state index contributed by atoms with van der Waals surface area (Å²) in [5, 5.41) is 6.13. The molecule has 0 spiro atoms. The zero-order valence-electron chi connectivity index (χ0n) is 7.86. The number of hydrogen-bond donors (Lipinski definition) is 2. The number of aromatic nitrogens is 1. The van der Waals surface area contributed by atoms with Crippen LogP contribution in [0.5, 0.6) is 0 Å². The second-order valence-corrected chi connectivity index (χ2v) is 3.38. The van der Waals surface area contributed by atoms with Crippen LogP contribution in [0.4, 0.5) is 0 Å². The first-order valence-corrected chi connectivity index (χ1v) is 4.79. The molecule has 1 aliphatic heterocycles. The third-order valence-electron chi connectivity index (χ3n) is 2.29. The lowest BCUT2D eigenvalue weighted by molar-refractivity contribution is 0.0935. The van der Waals surface area contributed by atoms with Crippen LogP contribution in [0.25, 0.3) is 0 Å². The Balaban J connectivity index is 1.95. The molecule has 2 heterocycles. The monoisotopic (exact) mass is 191 g/mol. The van der Waals surface area contributed by atoms with Crippen LogP contribution in [-0.4, -0.2) is 30.0 Å². The van der Waals surface area contributed by atoms with E-state index in [1.54, 1.807) is 18.3 Å². The number of hydrogen-bond acceptors (Lipinski definition) is 3. The lowest BCUT2D eigenvalue weighted by Gasteiger charge is -2.10. The Morgan fingerprint density at radius 3 is 3.14 bits per heavy atom. The first-order valence-electron chi connectivity index (χ1n) is 4.79. The van der Waals surface area contributed by atoms with E-state index in [-0.39, 0.29) is 11.9 Å². The maximum absolute atomic E-state index is 11.6. The molecule has 1 aromatic heterocycles. The van der Waals surface area contributed by atoms with Gasteiger partial charge in [-0.1, -0.05) is 6.07 Å². The maximum Gasteiger partial charge on any atom is 0.270 e. The van der Waals surface area contributed by atoms with Crippen molar-refractivity contribution in [1.29, 1.82) is 0 Å². The molecule has 0 aliphatic carbocycles. The van der Waals surface area contributed by atoms with Crippen molar-refractivity contribution in [1.82, 2.24) is 15.6 Å². The second kappa shape index (κ2) is 4.19. The van der Waals surface area contributed by atoms with Gasteiger partial charge in [0.05, 0.1) is 0 Å². The lowest BCUT2D eigenvalue weighted by atomic mass is 10.2. The Morgan fingerprint density at radius 1 is 1.57 bits per heavy atom. The summed E-state index contributed by atoms with van der Waals surface area (Å²) in [4.78, 5) is 15.6. The summed E-state index contributed by atoms with van der Waals surface area (Å²) < 4.78 is 0. The van der Waals surface area contributed by atoms with E-state index in [9.17, 15) is 4.79 Å². The first kappa shape index (κ1) is 9.15. The number of pyridine rings is 1. The van der Waals surface area contributed by atoms with Gasteiger partial charge in [-0.3, -0.25) is 9.78 Å². The molecule has 1 amide bonds. The summed E-state index contributed by atoms with van der Waals surface area (Å²) >= 11 is 0. The largest absolute Gasteiger partial charge is 0.347 e. The minimum Gasteiger partial charge on any atom is -0.347 e. The molecule has 1 aromatic rings. The summed E-state index contributed by atoms with van der Waals surface area (Å²) in [6.45, 7) is 1.84. The Hall–Kier alpha value is -1.42. The molecule has 0 saturated carbocycles. The molecule has 0 radical (unpaired) electrons. The topological polar surface area (TPSA) is 54.0 Å². The number of nitrogens with one attached hydrogen (secondary N) is 2. The van der Waals surface area contributed by atoms with Gasteiger partial charge >= 0.3 is 0 Å². The summed E-state index contributed by atoms with van der Waals surface area (Å²) in [6.07, 6.45) is 2.63. The summed E-state index contributed by atoms with van der Waals surface area (Å²) in [7, 11) is 0. The molecule has 1 fully saturated rings. The molecule has 1 atom stereocenters. The highest BCUT2D eigenvalue weighted by atomic mass is 16.1. The van der Waals surface area contributed by atoms with Gasteiger partial charge in [0.25, 0.3) is 5.91 Å². The Labute approximate surface area is 82.7 Å². The van der Waals surface area contributed by atoms with Crippen molar-refractivity contribution < 1.29 is 4.79 Å². The smallest absolute Gasteiger partial charge is 0.270 e. The fourth-order valence-electron chi connectivity index (χ4n) is 1.53. The maximum atomic E-state index is 11.6. The van der Waals surface area contributed by atoms with Gasteiger partial charge in [-0.15, -0.1) is 0 Å². The number of nitrogens with zero attached hydrogens (tertiary/aromatic N) is 1. The van der Waals surface area contributed by atoms with Crippen molar-refractivity contribution in [3.63, 3.8) is 0 Å². The highest BCUT2D eigenvalue weighted by Crippen LogP contribution is 1.99. The molecule has 0 bridgehead atoms. The van der Waals surface area contributed by atoms with Crippen LogP contribution >= 0.6 is 0 Å². The van der Waals surface area contributed by atoms with Gasteiger partial charge in [-0.05, 0) is 25.1 Å². The minimum absolute atomic E-state index is 0.0840. The number of carbonyl (C=O) groups excluding carboxylic acids is 1. The minimum atomic E-state index is -0.0840. The molecule has 1 aliphatic rings. The quantitative estimate of drug-likeness (QED) is 0.700. The molecule has 1 unspecified atom stereocenters. The van der Waals surface area contributed by atoms with Gasteiger partial charge in [-0.2, -0.15) is 0 Å². The molecule has 0 aromatic carbocycles. The van der Waals surface area contributed by atoms with E-state index in [0.717, 1.165) is 19.5 Å². The van der Waals surface area contributed by atoms with E-state index >= 15 is 0 Å². The molecule has 4 nitrogen and oxygen atoms in total. The van der Waals surface area contributed by atoms with Crippen molar-refractivity contribution in [3.8, 4) is 0 Å². The third-order valence-corrected chi connectivity index (χ3v) is 2.29. The first-order chi connectivity index (χ1) is 6.86. The van der Waals surface area contributed by atoms with E-state index in [2.05, 4.69) is 15.6 Å². The summed E-state index contributed by atoms with van der Waals surface area (Å²) in [5.74, 6) is -0.0840. The van der Waals surface area contributed by atoms with Crippen LogP contribution in [0.2, 0.25) is 0 Å². The fourth-order valence-corrected chi connectivity index (χ4v) is 1.53. The van der Waals surface area contributed by atoms with Gasteiger partial charge in [0.2, 0.25) is 0 Å². The SMILES string of the molecule is O=C(NC1CCNC1)c1ccccn1. The highest BCUT2D eigenvalue weighted by Gasteiger charge is 2.17. The molecule has 4 heteroatoms. The predicted octanol–water partition coefficient (Wildman–Crippen LogP) is 0.173. The van der Waals surface area contributed by atoms with Crippen LogP contribution in [0, 0.1) is 0 Å². The van der Waals surface area contributed by atoms with E-state index in [1.165, 1.54) is 0 Å². The average molecular weight is 191 g/mol. The Kier molecular flexibility index (Phi) is 2.74. The molecular formula is C10H13N3O. The van der Waals surface area contributed by atoms with Crippen LogP contribution in [-0.2, 0) is 0 Å². The van der Waals surface area contributed by atoms with Gasteiger partial charge in [-0.25, -0.2) is 0 Å². The van der Waals surface area contributed by atoms with Crippen LogP contribution < -0.4 is 10.6 Å². The second-order valence-electron chi connectivity index (χ2n) is 3.38. The van der Waals surface area contributed by atoms with Gasteiger partial charge < -0.3 is 10.6 Å². The number of rotatable bonds is 2. The standard InChI is InChI=1S/C10H13N3O/c14-10(9-3-1-2-5-12-9)13-8-4-6-11-7-8/h1-3,5,8,11H,4,6-7H2,(H,13,14). The normalized spacial score (nSPS) is 20.7. The van der Waals surface area contributed by atoms with Crippen LogP contribution in [0.3, 0.4) is 0 Å². The lowest BCUT2D eigenvalue weighted by Crippen LogP contribution is -2.36. The van der Waals surface area contributed by atoms with Gasteiger partial charge in [0.1, 0.15) is 5.69 Å². The molecular weight excluding hydrogens is 178 g/mol. The van der Waals surface area contributed by atoms with Crippen molar-refractivity contribution in [2.75, 3.05) is 13.1 Å². The van der Waals surface area contributed by atoms with Crippen molar-refractivity contribution >= 4 is 5.91 Å². The van der Waals surface area contributed by atoms with E-state index in [4.69, 9.17) is 0 Å². The van der Waals surface area contributed by atoms with E-state index in [0.29, 0.717) is 5.69 Å². The van der Waals surface area contributed by atoms with E-state index in [1.807, 2.05) is 6.07 Å². The molecule has 2 rings (SSSR count). The third kappa shape index (κ3) is 2.09.